The molecule has 0 N–H and O–H groups in total. The second kappa shape index (κ2) is 14.5. The first-order valence-electron chi connectivity index (χ1n) is 24.0. The number of benzene rings is 12. The van der Waals surface area contributed by atoms with Crippen LogP contribution in [0.2, 0.25) is 0 Å². The smallest absolute Gasteiger partial charge is 0.0726 e. The Morgan fingerprint density at radius 2 is 0.899 bits per heavy atom. The van der Waals surface area contributed by atoms with Crippen LogP contribution in [0.25, 0.3) is 93.2 Å². The zero-order valence-electron chi connectivity index (χ0n) is 37.6. The predicted molar refractivity (Wildman–Crippen MR) is 290 cm³/mol. The third-order valence-electron chi connectivity index (χ3n) is 15.3. The lowest BCUT2D eigenvalue weighted by Gasteiger charge is -2.46. The van der Waals surface area contributed by atoms with Crippen molar-refractivity contribution in [1.29, 1.82) is 0 Å². The van der Waals surface area contributed by atoms with Crippen LogP contribution >= 0.6 is 0 Å². The number of nitrogens with zero attached hydrogens (tertiary/aromatic N) is 2. The van der Waals surface area contributed by atoms with Gasteiger partial charge in [-0.3, -0.25) is 0 Å². The van der Waals surface area contributed by atoms with Gasteiger partial charge >= 0.3 is 0 Å². The number of aromatic nitrogens is 1. The molecule has 13 aromatic rings. The topological polar surface area (TPSA) is 8.17 Å². The lowest BCUT2D eigenvalue weighted by molar-refractivity contribution is 0.755. The molecule has 320 valence electrons. The molecule has 15 rings (SSSR count). The van der Waals surface area contributed by atoms with Crippen molar-refractivity contribution in [2.75, 3.05) is 4.90 Å². The van der Waals surface area contributed by atoms with E-state index < -0.39 is 5.41 Å². The van der Waals surface area contributed by atoms with Gasteiger partial charge in [-0.15, -0.1) is 0 Å². The second-order valence-electron chi connectivity index (χ2n) is 18.7. The van der Waals surface area contributed by atoms with Crippen LogP contribution in [-0.4, -0.2) is 4.57 Å². The standard InChI is InChI=1S/C67H42N2/c1-3-16-43(17-4-1)47-33-36-52-56-38-39-63(57-27-15-30-60(66(56)57)67(61(52)41-47)58-28-11-9-24-51(58)55-26-13-20-45-21-14-29-59(67)65(45)55)68(49-34-32-44-18-7-8-19-46(44)40-49)50-35-37-54-53-25-10-12-31-62(53)69(64(54)42-50)48-22-5-2-6-23-48/h1-42H. The third kappa shape index (κ3) is 5.31. The quantitative estimate of drug-likeness (QED) is 0.167. The zero-order chi connectivity index (χ0) is 45.2. The Morgan fingerprint density at radius 1 is 0.304 bits per heavy atom. The number of rotatable bonds is 5. The summed E-state index contributed by atoms with van der Waals surface area (Å²) in [5, 5.41) is 9.97. The van der Waals surface area contributed by atoms with E-state index in [4.69, 9.17) is 0 Å². The highest BCUT2D eigenvalue weighted by Gasteiger charge is 2.49. The molecular formula is C67H42N2. The van der Waals surface area contributed by atoms with Gasteiger partial charge in [-0.2, -0.15) is 0 Å². The SMILES string of the molecule is c1ccc(-c2ccc3c(c2)C2(c4ccccc4-c4cccc5cccc2c45)c2cccc4c(N(c5ccc6ccccc6c5)c5ccc6c7ccccc7n(-c7ccccc7)c6c5)ccc-3c24)cc1. The van der Waals surface area contributed by atoms with E-state index in [-0.39, 0.29) is 0 Å². The Hall–Kier alpha value is -8.98. The minimum atomic E-state index is -0.626. The van der Waals surface area contributed by atoms with Crippen molar-refractivity contribution in [3.63, 3.8) is 0 Å². The number of para-hydroxylation sites is 2. The van der Waals surface area contributed by atoms with Crippen LogP contribution in [0.15, 0.2) is 255 Å². The first-order chi connectivity index (χ1) is 34.2. The lowest BCUT2D eigenvalue weighted by Crippen LogP contribution is -2.36. The van der Waals surface area contributed by atoms with Crippen molar-refractivity contribution in [3.8, 4) is 39.1 Å². The highest BCUT2D eigenvalue weighted by Crippen LogP contribution is 2.62. The molecule has 12 aromatic carbocycles. The van der Waals surface area contributed by atoms with E-state index in [2.05, 4.69) is 264 Å². The summed E-state index contributed by atoms with van der Waals surface area (Å²) in [6, 6.07) is 95.3. The number of hydrogen-bond acceptors (Lipinski definition) is 1. The van der Waals surface area contributed by atoms with Crippen LogP contribution in [0, 0.1) is 0 Å². The van der Waals surface area contributed by atoms with Crippen molar-refractivity contribution in [2.45, 2.75) is 5.41 Å². The molecule has 1 unspecified atom stereocenters. The van der Waals surface area contributed by atoms with Gasteiger partial charge < -0.3 is 9.47 Å². The minimum Gasteiger partial charge on any atom is -0.310 e. The van der Waals surface area contributed by atoms with Gasteiger partial charge in [-0.1, -0.05) is 200 Å². The van der Waals surface area contributed by atoms with E-state index in [0.29, 0.717) is 0 Å². The van der Waals surface area contributed by atoms with Crippen LogP contribution in [0.4, 0.5) is 17.1 Å². The molecule has 0 saturated carbocycles. The van der Waals surface area contributed by atoms with Crippen LogP contribution in [0.3, 0.4) is 0 Å². The fourth-order valence-corrected chi connectivity index (χ4v) is 12.5. The molecule has 2 aliphatic rings. The molecule has 1 atom stereocenters. The Kier molecular flexibility index (Phi) is 8.02. The van der Waals surface area contributed by atoms with Crippen LogP contribution in [-0.2, 0) is 5.41 Å². The van der Waals surface area contributed by atoms with Gasteiger partial charge in [0.25, 0.3) is 0 Å². The second-order valence-corrected chi connectivity index (χ2v) is 18.7. The summed E-state index contributed by atoms with van der Waals surface area (Å²) < 4.78 is 2.42. The van der Waals surface area contributed by atoms with Crippen LogP contribution < -0.4 is 4.90 Å². The van der Waals surface area contributed by atoms with Crippen molar-refractivity contribution >= 4 is 71.2 Å². The number of fused-ring (bicyclic) bond motifs is 12. The van der Waals surface area contributed by atoms with Crippen molar-refractivity contribution in [3.05, 3.63) is 277 Å². The zero-order valence-corrected chi connectivity index (χ0v) is 37.6. The molecule has 2 nitrogen and oxygen atoms in total. The molecular weight excluding hydrogens is 833 g/mol. The predicted octanol–water partition coefficient (Wildman–Crippen LogP) is 17.7. The fourth-order valence-electron chi connectivity index (χ4n) is 12.5. The van der Waals surface area contributed by atoms with Gasteiger partial charge in [0.1, 0.15) is 0 Å². The highest BCUT2D eigenvalue weighted by atomic mass is 15.1. The van der Waals surface area contributed by atoms with Gasteiger partial charge in [-0.25, -0.2) is 0 Å². The highest BCUT2D eigenvalue weighted by molar-refractivity contribution is 6.16. The normalized spacial score (nSPS) is 14.4. The maximum atomic E-state index is 2.51. The molecule has 0 amide bonds. The lowest BCUT2D eigenvalue weighted by atomic mass is 9.55. The molecule has 0 aliphatic heterocycles. The Balaban J connectivity index is 1.06. The summed E-state index contributed by atoms with van der Waals surface area (Å²) >= 11 is 0. The molecule has 1 aromatic heterocycles. The molecule has 2 heteroatoms. The Morgan fingerprint density at radius 3 is 1.78 bits per heavy atom. The van der Waals surface area contributed by atoms with Gasteiger partial charge in [0.2, 0.25) is 0 Å². The summed E-state index contributed by atoms with van der Waals surface area (Å²) in [4.78, 5) is 2.51. The summed E-state index contributed by atoms with van der Waals surface area (Å²) in [6.45, 7) is 0. The van der Waals surface area contributed by atoms with Gasteiger partial charge in [-0.05, 0) is 137 Å². The summed E-state index contributed by atoms with van der Waals surface area (Å²) in [7, 11) is 0. The van der Waals surface area contributed by atoms with E-state index >= 15 is 0 Å². The first-order valence-corrected chi connectivity index (χ1v) is 24.0. The van der Waals surface area contributed by atoms with E-state index in [1.54, 1.807) is 0 Å². The van der Waals surface area contributed by atoms with E-state index in [1.807, 2.05) is 0 Å². The molecule has 69 heavy (non-hydrogen) atoms. The van der Waals surface area contributed by atoms with Crippen LogP contribution in [0.5, 0.6) is 0 Å². The molecule has 0 bridgehead atoms. The molecule has 2 aliphatic carbocycles. The average molecular weight is 875 g/mol. The largest absolute Gasteiger partial charge is 0.310 e. The first kappa shape index (κ1) is 38.2. The summed E-state index contributed by atoms with van der Waals surface area (Å²) in [5.74, 6) is 0. The van der Waals surface area contributed by atoms with Crippen molar-refractivity contribution < 1.29 is 0 Å². The van der Waals surface area contributed by atoms with E-state index in [0.717, 1.165) is 22.7 Å². The molecule has 1 spiro atoms. The van der Waals surface area contributed by atoms with Gasteiger partial charge in [0.05, 0.1) is 22.1 Å². The molecule has 0 fully saturated rings. The minimum absolute atomic E-state index is 0.626. The van der Waals surface area contributed by atoms with Crippen molar-refractivity contribution in [2.24, 2.45) is 0 Å². The Labute approximate surface area is 400 Å². The third-order valence-corrected chi connectivity index (χ3v) is 15.3. The monoisotopic (exact) mass is 874 g/mol. The maximum absolute atomic E-state index is 2.51. The summed E-state index contributed by atoms with van der Waals surface area (Å²) in [6.07, 6.45) is 0. The van der Waals surface area contributed by atoms with Crippen molar-refractivity contribution in [1.82, 2.24) is 4.57 Å². The Bertz CT molecular complexity index is 4250. The molecule has 0 radical (unpaired) electrons. The molecule has 0 saturated heterocycles. The van der Waals surface area contributed by atoms with Gasteiger partial charge in [0.15, 0.2) is 0 Å². The summed E-state index contributed by atoms with van der Waals surface area (Å²) in [5.41, 5.74) is 19.0. The van der Waals surface area contributed by atoms with Gasteiger partial charge in [0, 0.05) is 33.2 Å². The van der Waals surface area contributed by atoms with E-state index in [1.165, 1.54) is 110 Å². The number of hydrogen-bond donors (Lipinski definition) is 0. The average Bonchev–Trinajstić information content (AvgIpc) is 3.75. The maximum Gasteiger partial charge on any atom is 0.0726 e. The van der Waals surface area contributed by atoms with Crippen LogP contribution in [0.1, 0.15) is 22.3 Å². The van der Waals surface area contributed by atoms with E-state index in [9.17, 15) is 0 Å². The number of anilines is 3. The fraction of sp³-hybridized carbons (Fsp3) is 0.0149. The molecule has 1 heterocycles.